The lowest BCUT2D eigenvalue weighted by Crippen LogP contribution is -2.13. The summed E-state index contributed by atoms with van der Waals surface area (Å²) in [5.41, 5.74) is 1.65. The van der Waals surface area contributed by atoms with Crippen LogP contribution in [0, 0.1) is 42.7 Å². The SMILES string of the molecule is Cc1cc2c(c(F)c1F)C(C(C)C)[CH]C#CC2. The topological polar surface area (TPSA) is 0 Å². The van der Waals surface area contributed by atoms with Crippen LogP contribution >= 0.6 is 0 Å². The molecule has 0 N–H and O–H groups in total. The lowest BCUT2D eigenvalue weighted by Gasteiger charge is -2.21. The summed E-state index contributed by atoms with van der Waals surface area (Å²) in [6.07, 6.45) is 2.28. The summed E-state index contributed by atoms with van der Waals surface area (Å²) in [7, 11) is 0. The molecule has 1 aliphatic carbocycles. The van der Waals surface area contributed by atoms with Crippen LogP contribution in [-0.4, -0.2) is 0 Å². The van der Waals surface area contributed by atoms with E-state index in [-0.39, 0.29) is 11.8 Å². The van der Waals surface area contributed by atoms with E-state index in [1.807, 2.05) is 13.8 Å². The van der Waals surface area contributed by atoms with Gasteiger partial charge in [-0.2, -0.15) is 0 Å². The summed E-state index contributed by atoms with van der Waals surface area (Å²) in [6, 6.07) is 1.72. The second-order valence-electron chi connectivity index (χ2n) is 4.83. The number of benzene rings is 1. The van der Waals surface area contributed by atoms with Crippen LogP contribution in [0.15, 0.2) is 6.07 Å². The van der Waals surface area contributed by atoms with E-state index >= 15 is 0 Å². The zero-order chi connectivity index (χ0) is 12.6. The maximum Gasteiger partial charge on any atom is 0.162 e. The Hall–Kier alpha value is -1.36. The first-order valence-electron chi connectivity index (χ1n) is 5.81. The van der Waals surface area contributed by atoms with Gasteiger partial charge in [-0.15, -0.1) is 0 Å². The van der Waals surface area contributed by atoms with Gasteiger partial charge in [-0.25, -0.2) is 8.78 Å². The van der Waals surface area contributed by atoms with Crippen molar-refractivity contribution >= 4 is 0 Å². The molecule has 1 aliphatic rings. The first-order chi connectivity index (χ1) is 8.02. The molecule has 1 atom stereocenters. The first kappa shape index (κ1) is 12.1. The van der Waals surface area contributed by atoms with Crippen molar-refractivity contribution in [2.75, 3.05) is 0 Å². The van der Waals surface area contributed by atoms with Gasteiger partial charge in [0.15, 0.2) is 11.6 Å². The molecular weight excluding hydrogens is 218 g/mol. The van der Waals surface area contributed by atoms with Crippen LogP contribution in [0.4, 0.5) is 8.78 Å². The lowest BCUT2D eigenvalue weighted by molar-refractivity contribution is 0.465. The number of halogens is 2. The zero-order valence-electron chi connectivity index (χ0n) is 10.3. The molecule has 0 saturated carbocycles. The monoisotopic (exact) mass is 233 g/mol. The molecule has 0 fully saturated rings. The minimum Gasteiger partial charge on any atom is -0.203 e. The summed E-state index contributed by atoms with van der Waals surface area (Å²) in [6.45, 7) is 5.58. The molecule has 0 aromatic heterocycles. The zero-order valence-corrected chi connectivity index (χ0v) is 10.3. The molecule has 0 amide bonds. The third-order valence-corrected chi connectivity index (χ3v) is 3.21. The van der Waals surface area contributed by atoms with E-state index < -0.39 is 11.6 Å². The van der Waals surface area contributed by atoms with Crippen LogP contribution in [0.5, 0.6) is 0 Å². The van der Waals surface area contributed by atoms with Crippen LogP contribution in [-0.2, 0) is 6.42 Å². The summed E-state index contributed by atoms with van der Waals surface area (Å²) >= 11 is 0. The summed E-state index contributed by atoms with van der Waals surface area (Å²) in [5.74, 6) is 4.53. The standard InChI is InChI=1S/C15H15F2/c1-9(2)12-7-5-4-6-11-8-10(3)14(16)15(17)13(11)12/h7-9,12H,6H2,1-3H3. The minimum absolute atomic E-state index is 0.130. The van der Waals surface area contributed by atoms with E-state index in [0.717, 1.165) is 5.56 Å². The molecule has 1 aromatic rings. The van der Waals surface area contributed by atoms with E-state index in [2.05, 4.69) is 11.8 Å². The summed E-state index contributed by atoms with van der Waals surface area (Å²) < 4.78 is 27.7. The van der Waals surface area contributed by atoms with Gasteiger partial charge in [-0.05, 0) is 29.5 Å². The molecular formula is C15H15F2. The molecule has 0 bridgehead atoms. The number of fused-ring (bicyclic) bond motifs is 1. The molecule has 17 heavy (non-hydrogen) atoms. The van der Waals surface area contributed by atoms with Gasteiger partial charge < -0.3 is 0 Å². The fourth-order valence-electron chi connectivity index (χ4n) is 2.25. The quantitative estimate of drug-likeness (QED) is 0.648. The second kappa shape index (κ2) is 4.49. The van der Waals surface area contributed by atoms with Gasteiger partial charge in [0.1, 0.15) is 0 Å². The van der Waals surface area contributed by atoms with Crippen molar-refractivity contribution in [3.63, 3.8) is 0 Å². The third-order valence-electron chi connectivity index (χ3n) is 3.21. The highest BCUT2D eigenvalue weighted by atomic mass is 19.2. The average Bonchev–Trinajstić information content (AvgIpc) is 2.48. The molecule has 0 spiro atoms. The molecule has 89 valence electrons. The fraction of sp³-hybridized carbons (Fsp3) is 0.400. The van der Waals surface area contributed by atoms with Gasteiger partial charge in [0.05, 0.1) is 0 Å². The Bertz CT molecular complexity index is 504. The van der Waals surface area contributed by atoms with Gasteiger partial charge in [0.2, 0.25) is 0 Å². The van der Waals surface area contributed by atoms with Gasteiger partial charge in [0, 0.05) is 18.8 Å². The Labute approximate surface area is 101 Å². The second-order valence-corrected chi connectivity index (χ2v) is 4.83. The molecule has 0 nitrogen and oxygen atoms in total. The van der Waals surface area contributed by atoms with E-state index in [9.17, 15) is 8.78 Å². The van der Waals surface area contributed by atoms with Gasteiger partial charge >= 0.3 is 0 Å². The number of aryl methyl sites for hydroxylation is 1. The van der Waals surface area contributed by atoms with E-state index in [1.54, 1.807) is 19.4 Å². The highest BCUT2D eigenvalue weighted by molar-refractivity contribution is 5.44. The van der Waals surface area contributed by atoms with E-state index in [0.29, 0.717) is 17.5 Å². The van der Waals surface area contributed by atoms with E-state index in [1.165, 1.54) is 0 Å². The predicted octanol–water partition coefficient (Wildman–Crippen LogP) is 3.78. The highest BCUT2D eigenvalue weighted by Gasteiger charge is 2.26. The molecule has 2 heteroatoms. The van der Waals surface area contributed by atoms with Crippen LogP contribution in [0.25, 0.3) is 0 Å². The van der Waals surface area contributed by atoms with E-state index in [4.69, 9.17) is 0 Å². The Morgan fingerprint density at radius 2 is 2.00 bits per heavy atom. The number of rotatable bonds is 1. The Balaban J connectivity index is 2.64. The molecule has 0 aliphatic heterocycles. The van der Waals surface area contributed by atoms with Crippen molar-refractivity contribution in [2.24, 2.45) is 5.92 Å². The fourth-order valence-corrected chi connectivity index (χ4v) is 2.25. The third kappa shape index (κ3) is 2.07. The normalized spacial score (nSPS) is 18.4. The molecule has 0 heterocycles. The molecule has 1 radical (unpaired) electrons. The average molecular weight is 233 g/mol. The van der Waals surface area contributed by atoms with Crippen LogP contribution in [0.1, 0.15) is 36.5 Å². The van der Waals surface area contributed by atoms with Crippen molar-refractivity contribution in [3.8, 4) is 11.8 Å². The molecule has 2 rings (SSSR count). The first-order valence-corrected chi connectivity index (χ1v) is 5.81. The van der Waals surface area contributed by atoms with Gasteiger partial charge in [0.25, 0.3) is 0 Å². The van der Waals surface area contributed by atoms with Crippen molar-refractivity contribution in [1.82, 2.24) is 0 Å². The van der Waals surface area contributed by atoms with Crippen LogP contribution in [0.2, 0.25) is 0 Å². The highest BCUT2D eigenvalue weighted by Crippen LogP contribution is 2.35. The Morgan fingerprint density at radius 1 is 1.29 bits per heavy atom. The Kier molecular flexibility index (Phi) is 3.19. The van der Waals surface area contributed by atoms with Gasteiger partial charge in [-0.1, -0.05) is 31.8 Å². The smallest absolute Gasteiger partial charge is 0.162 e. The summed E-state index contributed by atoms with van der Waals surface area (Å²) in [5, 5.41) is 0. The maximum absolute atomic E-state index is 14.1. The minimum atomic E-state index is -0.732. The van der Waals surface area contributed by atoms with Crippen molar-refractivity contribution in [3.05, 3.63) is 40.8 Å². The Morgan fingerprint density at radius 3 is 2.65 bits per heavy atom. The predicted molar refractivity (Wildman–Crippen MR) is 64.5 cm³/mol. The largest absolute Gasteiger partial charge is 0.203 e. The van der Waals surface area contributed by atoms with Crippen molar-refractivity contribution in [2.45, 2.75) is 33.1 Å². The van der Waals surface area contributed by atoms with Gasteiger partial charge in [-0.3, -0.25) is 0 Å². The molecule has 1 unspecified atom stereocenters. The molecule has 1 aromatic carbocycles. The maximum atomic E-state index is 14.1. The van der Waals surface area contributed by atoms with Crippen LogP contribution in [0.3, 0.4) is 0 Å². The van der Waals surface area contributed by atoms with Crippen molar-refractivity contribution in [1.29, 1.82) is 0 Å². The van der Waals surface area contributed by atoms with Crippen molar-refractivity contribution < 1.29 is 8.78 Å². The van der Waals surface area contributed by atoms with Crippen LogP contribution < -0.4 is 0 Å². The number of hydrogen-bond acceptors (Lipinski definition) is 0. The molecule has 0 saturated heterocycles. The number of hydrogen-bond donors (Lipinski definition) is 0. The summed E-state index contributed by atoms with van der Waals surface area (Å²) in [4.78, 5) is 0. The lowest BCUT2D eigenvalue weighted by atomic mass is 9.83.